The molecule has 1 aliphatic rings. The Morgan fingerprint density at radius 3 is 2.74 bits per heavy atom. The Balaban J connectivity index is 2.07. The van der Waals surface area contributed by atoms with Gasteiger partial charge in [-0.15, -0.1) is 0 Å². The van der Waals surface area contributed by atoms with Gasteiger partial charge in [0.25, 0.3) is 5.91 Å². The SMILES string of the molecule is O=C(NC1CCCCCC1O)c1cc(Cl)cc(Br)c1. The van der Waals surface area contributed by atoms with Gasteiger partial charge in [-0.3, -0.25) is 4.79 Å². The normalized spacial score (nSPS) is 23.7. The van der Waals surface area contributed by atoms with Crippen molar-refractivity contribution in [3.8, 4) is 0 Å². The van der Waals surface area contributed by atoms with Gasteiger partial charge in [0, 0.05) is 15.1 Å². The van der Waals surface area contributed by atoms with Crippen LogP contribution in [0, 0.1) is 0 Å². The van der Waals surface area contributed by atoms with Crippen LogP contribution in [0.15, 0.2) is 22.7 Å². The van der Waals surface area contributed by atoms with Gasteiger partial charge in [-0.05, 0) is 31.0 Å². The molecule has 104 valence electrons. The topological polar surface area (TPSA) is 49.3 Å². The fourth-order valence-corrected chi connectivity index (χ4v) is 3.25. The average Bonchev–Trinajstić information content (AvgIpc) is 2.54. The number of carbonyl (C=O) groups is 1. The molecule has 1 aromatic carbocycles. The fraction of sp³-hybridized carbons (Fsp3) is 0.500. The highest BCUT2D eigenvalue weighted by Gasteiger charge is 2.23. The second kappa shape index (κ2) is 6.73. The number of carbonyl (C=O) groups excluding carboxylic acids is 1. The van der Waals surface area contributed by atoms with E-state index >= 15 is 0 Å². The van der Waals surface area contributed by atoms with Crippen LogP contribution in [-0.4, -0.2) is 23.2 Å². The highest BCUT2D eigenvalue weighted by atomic mass is 79.9. The number of benzene rings is 1. The van der Waals surface area contributed by atoms with Crippen molar-refractivity contribution >= 4 is 33.4 Å². The zero-order valence-electron chi connectivity index (χ0n) is 10.5. The van der Waals surface area contributed by atoms with Gasteiger partial charge < -0.3 is 10.4 Å². The minimum absolute atomic E-state index is 0.159. The molecule has 19 heavy (non-hydrogen) atoms. The fourth-order valence-electron chi connectivity index (χ4n) is 2.39. The lowest BCUT2D eigenvalue weighted by Gasteiger charge is -2.21. The van der Waals surface area contributed by atoms with Crippen molar-refractivity contribution in [3.63, 3.8) is 0 Å². The average molecular weight is 347 g/mol. The molecule has 1 aromatic rings. The molecule has 0 heterocycles. The molecule has 0 saturated heterocycles. The minimum Gasteiger partial charge on any atom is -0.391 e. The molecule has 0 aromatic heterocycles. The molecule has 0 bridgehead atoms. The van der Waals surface area contributed by atoms with E-state index in [2.05, 4.69) is 21.2 Å². The Morgan fingerprint density at radius 1 is 1.26 bits per heavy atom. The first-order valence-electron chi connectivity index (χ1n) is 6.51. The quantitative estimate of drug-likeness (QED) is 0.805. The first-order valence-corrected chi connectivity index (χ1v) is 7.68. The van der Waals surface area contributed by atoms with Gasteiger partial charge in [0.05, 0.1) is 12.1 Å². The van der Waals surface area contributed by atoms with Crippen LogP contribution in [0.25, 0.3) is 0 Å². The molecule has 5 heteroatoms. The summed E-state index contributed by atoms with van der Waals surface area (Å²) >= 11 is 9.25. The number of amides is 1. The maximum absolute atomic E-state index is 12.2. The van der Waals surface area contributed by atoms with E-state index in [1.165, 1.54) is 0 Å². The zero-order chi connectivity index (χ0) is 13.8. The summed E-state index contributed by atoms with van der Waals surface area (Å²) in [5.41, 5.74) is 0.510. The molecule has 2 rings (SSSR count). The van der Waals surface area contributed by atoms with Crippen molar-refractivity contribution in [2.24, 2.45) is 0 Å². The largest absolute Gasteiger partial charge is 0.391 e. The molecule has 2 N–H and O–H groups in total. The number of aliphatic hydroxyl groups is 1. The van der Waals surface area contributed by atoms with Crippen LogP contribution in [0.5, 0.6) is 0 Å². The maximum Gasteiger partial charge on any atom is 0.251 e. The number of rotatable bonds is 2. The lowest BCUT2D eigenvalue weighted by Crippen LogP contribution is -2.42. The number of hydrogen-bond donors (Lipinski definition) is 2. The summed E-state index contributed by atoms with van der Waals surface area (Å²) in [6.07, 6.45) is 4.32. The van der Waals surface area contributed by atoms with Crippen molar-refractivity contribution in [3.05, 3.63) is 33.3 Å². The van der Waals surface area contributed by atoms with Crippen LogP contribution >= 0.6 is 27.5 Å². The van der Waals surface area contributed by atoms with Gasteiger partial charge in [0.2, 0.25) is 0 Å². The third kappa shape index (κ3) is 4.20. The highest BCUT2D eigenvalue weighted by Crippen LogP contribution is 2.21. The molecule has 2 atom stereocenters. The molecule has 0 radical (unpaired) electrons. The second-order valence-electron chi connectivity index (χ2n) is 4.94. The van der Waals surface area contributed by atoms with Gasteiger partial charge in [-0.1, -0.05) is 46.8 Å². The van der Waals surface area contributed by atoms with E-state index in [0.29, 0.717) is 10.6 Å². The first kappa shape index (κ1) is 14.8. The van der Waals surface area contributed by atoms with E-state index < -0.39 is 6.10 Å². The summed E-state index contributed by atoms with van der Waals surface area (Å²) in [6.45, 7) is 0. The highest BCUT2D eigenvalue weighted by molar-refractivity contribution is 9.10. The van der Waals surface area contributed by atoms with Gasteiger partial charge >= 0.3 is 0 Å². The Kier molecular flexibility index (Phi) is 5.25. The molecule has 1 amide bonds. The zero-order valence-corrected chi connectivity index (χ0v) is 12.9. The Hall–Kier alpha value is -0.580. The number of nitrogens with one attached hydrogen (secondary N) is 1. The Labute approximate surface area is 126 Å². The smallest absolute Gasteiger partial charge is 0.251 e. The molecular formula is C14H17BrClNO2. The van der Waals surface area contributed by atoms with Gasteiger partial charge in [-0.2, -0.15) is 0 Å². The van der Waals surface area contributed by atoms with Crippen molar-refractivity contribution < 1.29 is 9.90 Å². The van der Waals surface area contributed by atoms with E-state index in [1.54, 1.807) is 18.2 Å². The number of hydrogen-bond acceptors (Lipinski definition) is 2. The molecule has 2 unspecified atom stereocenters. The van der Waals surface area contributed by atoms with Crippen molar-refractivity contribution in [2.75, 3.05) is 0 Å². The molecule has 0 aliphatic heterocycles. The van der Waals surface area contributed by atoms with E-state index in [-0.39, 0.29) is 11.9 Å². The van der Waals surface area contributed by atoms with Crippen LogP contribution < -0.4 is 5.32 Å². The molecule has 0 spiro atoms. The summed E-state index contributed by atoms with van der Waals surface area (Å²) in [5, 5.41) is 13.4. The van der Waals surface area contributed by atoms with Crippen LogP contribution in [0.4, 0.5) is 0 Å². The molecule has 1 saturated carbocycles. The predicted octanol–water partition coefficient (Wildman–Crippen LogP) is 3.53. The van der Waals surface area contributed by atoms with Crippen molar-refractivity contribution in [1.82, 2.24) is 5.32 Å². The van der Waals surface area contributed by atoms with E-state index in [1.807, 2.05) is 0 Å². The summed E-state index contributed by atoms with van der Waals surface area (Å²) in [7, 11) is 0. The number of halogens is 2. The van der Waals surface area contributed by atoms with Gasteiger partial charge in [-0.25, -0.2) is 0 Å². The summed E-state index contributed by atoms with van der Waals surface area (Å²) < 4.78 is 0.770. The molecule has 1 aliphatic carbocycles. The monoisotopic (exact) mass is 345 g/mol. The van der Waals surface area contributed by atoms with E-state index in [9.17, 15) is 9.90 Å². The summed E-state index contributed by atoms with van der Waals surface area (Å²) in [6, 6.07) is 4.93. The van der Waals surface area contributed by atoms with Crippen molar-refractivity contribution in [1.29, 1.82) is 0 Å². The Bertz CT molecular complexity index is 447. The number of aliphatic hydroxyl groups excluding tert-OH is 1. The third-order valence-corrected chi connectivity index (χ3v) is 4.10. The summed E-state index contributed by atoms with van der Waals surface area (Å²) in [5.74, 6) is -0.186. The minimum atomic E-state index is -0.450. The molecular weight excluding hydrogens is 330 g/mol. The summed E-state index contributed by atoms with van der Waals surface area (Å²) in [4.78, 5) is 12.2. The van der Waals surface area contributed by atoms with Gasteiger partial charge in [0.1, 0.15) is 0 Å². The third-order valence-electron chi connectivity index (χ3n) is 3.42. The van der Waals surface area contributed by atoms with Crippen LogP contribution in [0.3, 0.4) is 0 Å². The predicted molar refractivity (Wildman–Crippen MR) is 79.5 cm³/mol. The molecule has 3 nitrogen and oxygen atoms in total. The molecule has 1 fully saturated rings. The van der Waals surface area contributed by atoms with Crippen LogP contribution in [-0.2, 0) is 0 Å². The maximum atomic E-state index is 12.2. The second-order valence-corrected chi connectivity index (χ2v) is 6.30. The lowest BCUT2D eigenvalue weighted by atomic mass is 10.1. The van der Waals surface area contributed by atoms with Gasteiger partial charge in [0.15, 0.2) is 0 Å². The van der Waals surface area contributed by atoms with Crippen LogP contribution in [0.1, 0.15) is 42.5 Å². The van der Waals surface area contributed by atoms with E-state index in [0.717, 1.165) is 36.6 Å². The first-order chi connectivity index (χ1) is 9.06. The standard InChI is InChI=1S/C14H17BrClNO2/c15-10-6-9(7-11(16)8-10)14(19)17-12-4-2-1-3-5-13(12)18/h6-8,12-13,18H,1-5H2,(H,17,19). The Morgan fingerprint density at radius 2 is 2.00 bits per heavy atom. The lowest BCUT2D eigenvalue weighted by molar-refractivity contribution is 0.0818. The van der Waals surface area contributed by atoms with Crippen molar-refractivity contribution in [2.45, 2.75) is 44.2 Å². The van der Waals surface area contributed by atoms with Crippen LogP contribution in [0.2, 0.25) is 5.02 Å². The van der Waals surface area contributed by atoms with E-state index in [4.69, 9.17) is 11.6 Å².